The first-order chi connectivity index (χ1) is 6.29. The van der Waals surface area contributed by atoms with Crippen LogP contribution < -0.4 is 11.1 Å². The highest BCUT2D eigenvalue weighted by Crippen LogP contribution is 2.18. The van der Waals surface area contributed by atoms with Crippen LogP contribution in [0.25, 0.3) is 0 Å². The van der Waals surface area contributed by atoms with E-state index in [9.17, 15) is 0 Å². The van der Waals surface area contributed by atoms with E-state index in [4.69, 9.17) is 11.0 Å². The van der Waals surface area contributed by atoms with Crippen LogP contribution in [0.5, 0.6) is 0 Å². The lowest BCUT2D eigenvalue weighted by atomic mass is 10.2. The van der Waals surface area contributed by atoms with Crippen LogP contribution in [0, 0.1) is 11.3 Å². The maximum absolute atomic E-state index is 8.68. The molecule has 13 heavy (non-hydrogen) atoms. The van der Waals surface area contributed by atoms with Crippen molar-refractivity contribution < 1.29 is 0 Å². The summed E-state index contributed by atoms with van der Waals surface area (Å²) in [5, 5.41) is 11.7. The van der Waals surface area contributed by atoms with E-state index in [1.54, 1.807) is 12.3 Å². The molecule has 0 aliphatic carbocycles. The molecule has 0 radical (unpaired) electrons. The van der Waals surface area contributed by atoms with Gasteiger partial charge in [0.15, 0.2) is 5.82 Å². The lowest BCUT2D eigenvalue weighted by Gasteiger charge is -2.06. The molecule has 1 aromatic rings. The van der Waals surface area contributed by atoms with E-state index in [0.29, 0.717) is 17.1 Å². The minimum atomic E-state index is 0.429. The molecule has 1 rings (SSSR count). The second kappa shape index (κ2) is 4.31. The highest BCUT2D eigenvalue weighted by atomic mass is 15.0. The zero-order chi connectivity index (χ0) is 9.68. The van der Waals surface area contributed by atoms with Gasteiger partial charge in [0, 0.05) is 12.7 Å². The summed E-state index contributed by atoms with van der Waals surface area (Å²) >= 11 is 0. The standard InChI is InChI=1S/C9H12N4/c1-2-4-12-9-8(11)7(6-10)3-5-13-9/h3,5H,2,4,11H2,1H3,(H,12,13). The number of nitrogens with zero attached hydrogens (tertiary/aromatic N) is 2. The number of aromatic nitrogens is 1. The van der Waals surface area contributed by atoms with Gasteiger partial charge in [-0.2, -0.15) is 5.26 Å². The molecule has 0 amide bonds. The largest absolute Gasteiger partial charge is 0.395 e. The van der Waals surface area contributed by atoms with Gasteiger partial charge in [-0.1, -0.05) is 6.92 Å². The summed E-state index contributed by atoms with van der Waals surface area (Å²) in [5.74, 6) is 0.598. The zero-order valence-corrected chi connectivity index (χ0v) is 7.54. The number of nitrogens with one attached hydrogen (secondary N) is 1. The molecular formula is C9H12N4. The number of rotatable bonds is 3. The van der Waals surface area contributed by atoms with Crippen molar-refractivity contribution in [1.29, 1.82) is 5.26 Å². The molecule has 3 N–H and O–H groups in total. The lowest BCUT2D eigenvalue weighted by Crippen LogP contribution is -2.06. The predicted octanol–water partition coefficient (Wildman–Crippen LogP) is 1.36. The topological polar surface area (TPSA) is 74.7 Å². The quantitative estimate of drug-likeness (QED) is 0.729. The van der Waals surface area contributed by atoms with Crippen molar-refractivity contribution >= 4 is 11.5 Å². The number of anilines is 2. The fourth-order valence-corrected chi connectivity index (χ4v) is 0.955. The molecule has 0 saturated carbocycles. The molecule has 0 saturated heterocycles. The molecule has 4 heteroatoms. The summed E-state index contributed by atoms with van der Waals surface area (Å²) < 4.78 is 0. The molecule has 0 aliphatic rings. The molecule has 0 aliphatic heterocycles. The number of hydrogen-bond acceptors (Lipinski definition) is 4. The Hall–Kier alpha value is -1.76. The molecular weight excluding hydrogens is 164 g/mol. The van der Waals surface area contributed by atoms with E-state index in [1.807, 2.05) is 6.07 Å². The molecule has 68 valence electrons. The summed E-state index contributed by atoms with van der Waals surface area (Å²) in [5.41, 5.74) is 6.58. The van der Waals surface area contributed by atoms with Gasteiger partial charge < -0.3 is 11.1 Å². The van der Waals surface area contributed by atoms with Crippen LogP contribution in [0.1, 0.15) is 18.9 Å². The van der Waals surface area contributed by atoms with Crippen molar-refractivity contribution in [2.75, 3.05) is 17.6 Å². The minimum absolute atomic E-state index is 0.429. The fourth-order valence-electron chi connectivity index (χ4n) is 0.955. The van der Waals surface area contributed by atoms with Crippen LogP contribution in [-0.4, -0.2) is 11.5 Å². The fraction of sp³-hybridized carbons (Fsp3) is 0.333. The molecule has 1 aromatic heterocycles. The van der Waals surface area contributed by atoms with Gasteiger partial charge in [0.1, 0.15) is 6.07 Å². The van der Waals surface area contributed by atoms with Crippen LogP contribution in [0.3, 0.4) is 0 Å². The summed E-state index contributed by atoms with van der Waals surface area (Å²) in [4.78, 5) is 4.04. The molecule has 0 bridgehead atoms. The summed E-state index contributed by atoms with van der Waals surface area (Å²) in [6.45, 7) is 2.86. The van der Waals surface area contributed by atoms with Crippen molar-refractivity contribution in [3.8, 4) is 6.07 Å². The Bertz CT molecular complexity index is 327. The van der Waals surface area contributed by atoms with Crippen molar-refractivity contribution in [1.82, 2.24) is 4.98 Å². The maximum atomic E-state index is 8.68. The third-order valence-corrected chi connectivity index (χ3v) is 1.65. The van der Waals surface area contributed by atoms with Crippen molar-refractivity contribution in [2.45, 2.75) is 13.3 Å². The average molecular weight is 176 g/mol. The Morgan fingerprint density at radius 3 is 3.08 bits per heavy atom. The summed E-state index contributed by atoms with van der Waals surface area (Å²) in [6, 6.07) is 3.61. The van der Waals surface area contributed by atoms with Crippen molar-refractivity contribution in [3.63, 3.8) is 0 Å². The second-order valence-corrected chi connectivity index (χ2v) is 2.66. The number of nitrogens with two attached hydrogens (primary N) is 1. The SMILES string of the molecule is CCCNc1nccc(C#N)c1N. The normalized spacial score (nSPS) is 9.23. The van der Waals surface area contributed by atoms with E-state index in [1.165, 1.54) is 0 Å². The van der Waals surface area contributed by atoms with Gasteiger partial charge in [-0.15, -0.1) is 0 Å². The van der Waals surface area contributed by atoms with Gasteiger partial charge in [-0.3, -0.25) is 0 Å². The van der Waals surface area contributed by atoms with Gasteiger partial charge in [-0.25, -0.2) is 4.98 Å². The van der Waals surface area contributed by atoms with Gasteiger partial charge in [0.2, 0.25) is 0 Å². The Labute approximate surface area is 77.4 Å². The van der Waals surface area contributed by atoms with Crippen molar-refractivity contribution in [3.05, 3.63) is 17.8 Å². The second-order valence-electron chi connectivity index (χ2n) is 2.66. The maximum Gasteiger partial charge on any atom is 0.150 e. The number of nitrogen functional groups attached to an aromatic ring is 1. The van der Waals surface area contributed by atoms with E-state index in [0.717, 1.165) is 13.0 Å². The number of pyridine rings is 1. The van der Waals surface area contributed by atoms with Gasteiger partial charge in [-0.05, 0) is 12.5 Å². The molecule has 0 fully saturated rings. The molecule has 0 unspecified atom stereocenters. The van der Waals surface area contributed by atoms with Crippen LogP contribution in [0.15, 0.2) is 12.3 Å². The van der Waals surface area contributed by atoms with Crippen LogP contribution in [0.4, 0.5) is 11.5 Å². The van der Waals surface area contributed by atoms with E-state index in [2.05, 4.69) is 17.2 Å². The highest BCUT2D eigenvalue weighted by molar-refractivity contribution is 5.68. The van der Waals surface area contributed by atoms with Crippen LogP contribution >= 0.6 is 0 Å². The Balaban J connectivity index is 2.90. The molecule has 0 atom stereocenters. The first-order valence-electron chi connectivity index (χ1n) is 4.18. The van der Waals surface area contributed by atoms with Gasteiger partial charge in [0.25, 0.3) is 0 Å². The summed E-state index contributed by atoms with van der Waals surface area (Å²) in [6.07, 6.45) is 2.57. The molecule has 1 heterocycles. The minimum Gasteiger partial charge on any atom is -0.395 e. The summed E-state index contributed by atoms with van der Waals surface area (Å²) in [7, 11) is 0. The Morgan fingerprint density at radius 1 is 1.69 bits per heavy atom. The Morgan fingerprint density at radius 2 is 2.46 bits per heavy atom. The third kappa shape index (κ3) is 2.09. The molecule has 4 nitrogen and oxygen atoms in total. The number of hydrogen-bond donors (Lipinski definition) is 2. The van der Waals surface area contributed by atoms with E-state index >= 15 is 0 Å². The molecule has 0 spiro atoms. The third-order valence-electron chi connectivity index (χ3n) is 1.65. The van der Waals surface area contributed by atoms with E-state index in [-0.39, 0.29) is 0 Å². The average Bonchev–Trinajstić information content (AvgIpc) is 2.16. The smallest absolute Gasteiger partial charge is 0.150 e. The van der Waals surface area contributed by atoms with Gasteiger partial charge >= 0.3 is 0 Å². The van der Waals surface area contributed by atoms with Crippen LogP contribution in [0.2, 0.25) is 0 Å². The predicted molar refractivity (Wildman–Crippen MR) is 52.1 cm³/mol. The first-order valence-corrected chi connectivity index (χ1v) is 4.18. The number of nitriles is 1. The Kier molecular flexibility index (Phi) is 3.09. The highest BCUT2D eigenvalue weighted by Gasteiger charge is 2.03. The lowest BCUT2D eigenvalue weighted by molar-refractivity contribution is 0.970. The zero-order valence-electron chi connectivity index (χ0n) is 7.54. The van der Waals surface area contributed by atoms with Gasteiger partial charge in [0.05, 0.1) is 11.3 Å². The van der Waals surface area contributed by atoms with E-state index < -0.39 is 0 Å². The van der Waals surface area contributed by atoms with Crippen LogP contribution in [-0.2, 0) is 0 Å². The van der Waals surface area contributed by atoms with Crippen molar-refractivity contribution in [2.24, 2.45) is 0 Å². The first kappa shape index (κ1) is 9.33. The molecule has 0 aromatic carbocycles. The monoisotopic (exact) mass is 176 g/mol.